The van der Waals surface area contributed by atoms with Gasteiger partial charge in [-0.1, -0.05) is 0 Å². The van der Waals surface area contributed by atoms with Crippen molar-refractivity contribution in [2.45, 2.75) is 58.0 Å². The molecule has 1 spiro atoms. The van der Waals surface area contributed by atoms with Crippen LogP contribution in [0.5, 0.6) is 0 Å². The van der Waals surface area contributed by atoms with E-state index in [1.165, 1.54) is 0 Å². The maximum Gasteiger partial charge on any atom is 0.323 e. The highest BCUT2D eigenvalue weighted by Crippen LogP contribution is 2.32. The molecule has 0 aromatic rings. The molecule has 2 heterocycles. The number of carbonyl (C=O) groups is 1. The summed E-state index contributed by atoms with van der Waals surface area (Å²) in [6, 6.07) is -0.210. The molecule has 2 saturated heterocycles. The molecule has 0 aromatic carbocycles. The summed E-state index contributed by atoms with van der Waals surface area (Å²) in [5.74, 6) is -0.541. The van der Waals surface area contributed by atoms with Gasteiger partial charge in [-0.2, -0.15) is 0 Å². The van der Waals surface area contributed by atoms with E-state index in [0.29, 0.717) is 13.2 Å². The molecule has 5 nitrogen and oxygen atoms in total. The van der Waals surface area contributed by atoms with Crippen molar-refractivity contribution in [2.24, 2.45) is 0 Å². The number of hydrogen-bond acceptors (Lipinski definition) is 5. The van der Waals surface area contributed by atoms with Crippen molar-refractivity contribution < 1.29 is 19.0 Å². The van der Waals surface area contributed by atoms with Gasteiger partial charge in [-0.15, -0.1) is 0 Å². The predicted octanol–water partition coefficient (Wildman–Crippen LogP) is 1.56. The van der Waals surface area contributed by atoms with E-state index in [1.54, 1.807) is 0 Å². The molecule has 110 valence electrons. The first-order chi connectivity index (χ1) is 8.81. The van der Waals surface area contributed by atoms with Crippen molar-refractivity contribution in [1.29, 1.82) is 0 Å². The normalized spacial score (nSPS) is 25.5. The lowest BCUT2D eigenvalue weighted by molar-refractivity contribution is -0.192. The van der Waals surface area contributed by atoms with Gasteiger partial charge in [0.05, 0.1) is 13.2 Å². The molecule has 2 aliphatic rings. The molecule has 0 bridgehead atoms. The summed E-state index contributed by atoms with van der Waals surface area (Å²) in [4.78, 5) is 14.2. The predicted molar refractivity (Wildman–Crippen MR) is 70.7 cm³/mol. The third-order valence-corrected chi connectivity index (χ3v) is 3.67. The van der Waals surface area contributed by atoms with Crippen molar-refractivity contribution in [3.05, 3.63) is 0 Å². The van der Waals surface area contributed by atoms with Gasteiger partial charge in [0.15, 0.2) is 5.79 Å². The smallest absolute Gasteiger partial charge is 0.323 e. The fraction of sp³-hybridized carbons (Fsp3) is 0.929. The summed E-state index contributed by atoms with van der Waals surface area (Å²) in [6.45, 7) is 10.6. The van der Waals surface area contributed by atoms with Gasteiger partial charge in [0, 0.05) is 25.9 Å². The average Bonchev–Trinajstić information content (AvgIpc) is 2.75. The topological polar surface area (TPSA) is 48.0 Å². The number of piperidine rings is 1. The Labute approximate surface area is 115 Å². The molecule has 5 heteroatoms. The second-order valence-electron chi connectivity index (χ2n) is 6.35. The summed E-state index contributed by atoms with van der Waals surface area (Å²) in [7, 11) is 0. The molecule has 2 rings (SSSR count). The lowest BCUT2D eigenvalue weighted by Gasteiger charge is -2.39. The zero-order chi connectivity index (χ0) is 14.1. The van der Waals surface area contributed by atoms with Crippen molar-refractivity contribution in [3.8, 4) is 0 Å². The van der Waals surface area contributed by atoms with E-state index in [9.17, 15) is 4.79 Å². The lowest BCUT2D eigenvalue weighted by Crippen LogP contribution is -2.51. The van der Waals surface area contributed by atoms with E-state index < -0.39 is 5.60 Å². The summed E-state index contributed by atoms with van der Waals surface area (Å²) < 4.78 is 16.8. The maximum absolute atomic E-state index is 12.0. The van der Waals surface area contributed by atoms with Gasteiger partial charge in [-0.05, 0) is 27.7 Å². The minimum atomic E-state index is -0.431. The number of esters is 1. The van der Waals surface area contributed by atoms with Gasteiger partial charge >= 0.3 is 5.97 Å². The van der Waals surface area contributed by atoms with Crippen LogP contribution in [0.1, 0.15) is 40.5 Å². The van der Waals surface area contributed by atoms with Crippen molar-refractivity contribution in [3.63, 3.8) is 0 Å². The van der Waals surface area contributed by atoms with Crippen LogP contribution < -0.4 is 0 Å². The second kappa shape index (κ2) is 5.38. The van der Waals surface area contributed by atoms with E-state index in [0.717, 1.165) is 25.9 Å². The molecule has 2 fully saturated rings. The standard InChI is InChI=1S/C14H25NO4/c1-11(12(16)19-13(2,3)4)15-7-5-14(6-8-15)17-9-10-18-14/h11H,5-10H2,1-4H3. The fourth-order valence-electron chi connectivity index (χ4n) is 2.57. The Morgan fingerprint density at radius 1 is 1.21 bits per heavy atom. The highest BCUT2D eigenvalue weighted by molar-refractivity contribution is 5.75. The quantitative estimate of drug-likeness (QED) is 0.713. The third-order valence-electron chi connectivity index (χ3n) is 3.67. The van der Waals surface area contributed by atoms with Gasteiger partial charge < -0.3 is 14.2 Å². The molecule has 2 aliphatic heterocycles. The Balaban J connectivity index is 1.85. The number of hydrogen-bond donors (Lipinski definition) is 0. The van der Waals surface area contributed by atoms with Gasteiger partial charge in [0.1, 0.15) is 11.6 Å². The second-order valence-corrected chi connectivity index (χ2v) is 6.35. The van der Waals surface area contributed by atoms with Crippen LogP contribution in [0, 0.1) is 0 Å². The fourth-order valence-corrected chi connectivity index (χ4v) is 2.57. The Bertz CT molecular complexity index is 321. The van der Waals surface area contributed by atoms with E-state index in [4.69, 9.17) is 14.2 Å². The van der Waals surface area contributed by atoms with Gasteiger partial charge in [-0.25, -0.2) is 0 Å². The van der Waals surface area contributed by atoms with E-state index in [2.05, 4.69) is 4.90 Å². The highest BCUT2D eigenvalue weighted by Gasteiger charge is 2.41. The number of rotatable bonds is 2. The van der Waals surface area contributed by atoms with Gasteiger partial charge in [0.25, 0.3) is 0 Å². The Kier molecular flexibility index (Phi) is 4.18. The van der Waals surface area contributed by atoms with Crippen LogP contribution in [0.2, 0.25) is 0 Å². The van der Waals surface area contributed by atoms with E-state index >= 15 is 0 Å². The number of nitrogens with zero attached hydrogens (tertiary/aromatic N) is 1. The Morgan fingerprint density at radius 3 is 2.21 bits per heavy atom. The van der Waals surface area contributed by atoms with E-state index in [-0.39, 0.29) is 17.8 Å². The maximum atomic E-state index is 12.0. The van der Waals surface area contributed by atoms with Crippen molar-refractivity contribution in [2.75, 3.05) is 26.3 Å². The first kappa shape index (κ1) is 14.8. The summed E-state index contributed by atoms with van der Waals surface area (Å²) >= 11 is 0. The molecular formula is C14H25NO4. The molecule has 19 heavy (non-hydrogen) atoms. The molecule has 0 radical (unpaired) electrons. The van der Waals surface area contributed by atoms with Crippen LogP contribution in [0.15, 0.2) is 0 Å². The average molecular weight is 271 g/mol. The molecule has 0 N–H and O–H groups in total. The summed E-state index contributed by atoms with van der Waals surface area (Å²) in [5.41, 5.74) is -0.431. The Hall–Kier alpha value is -0.650. The Morgan fingerprint density at radius 2 is 1.74 bits per heavy atom. The van der Waals surface area contributed by atoms with Crippen LogP contribution in [0.4, 0.5) is 0 Å². The lowest BCUT2D eigenvalue weighted by atomic mass is 10.0. The largest absolute Gasteiger partial charge is 0.459 e. The van der Waals surface area contributed by atoms with Crippen LogP contribution in [-0.4, -0.2) is 54.6 Å². The number of ether oxygens (including phenoxy) is 3. The number of likely N-dealkylation sites (tertiary alicyclic amines) is 1. The molecule has 0 aromatic heterocycles. The van der Waals surface area contributed by atoms with Crippen molar-refractivity contribution in [1.82, 2.24) is 4.90 Å². The SMILES string of the molecule is CC(C(=O)OC(C)(C)C)N1CCC2(CC1)OCCO2. The molecule has 0 saturated carbocycles. The molecule has 0 amide bonds. The first-order valence-electron chi connectivity index (χ1n) is 7.06. The van der Waals surface area contributed by atoms with Crippen LogP contribution >= 0.6 is 0 Å². The zero-order valence-corrected chi connectivity index (χ0v) is 12.4. The monoisotopic (exact) mass is 271 g/mol. The molecule has 0 aliphatic carbocycles. The summed E-state index contributed by atoms with van der Waals surface area (Å²) in [6.07, 6.45) is 1.64. The minimum absolute atomic E-state index is 0.156. The van der Waals surface area contributed by atoms with Crippen molar-refractivity contribution >= 4 is 5.97 Å². The number of carbonyl (C=O) groups excluding carboxylic acids is 1. The molecular weight excluding hydrogens is 246 g/mol. The summed E-state index contributed by atoms with van der Waals surface area (Å²) in [5, 5.41) is 0. The van der Waals surface area contributed by atoms with Crippen LogP contribution in [0.3, 0.4) is 0 Å². The van der Waals surface area contributed by atoms with Gasteiger partial charge in [0.2, 0.25) is 0 Å². The molecule has 1 unspecified atom stereocenters. The minimum Gasteiger partial charge on any atom is -0.459 e. The van der Waals surface area contributed by atoms with Gasteiger partial charge in [-0.3, -0.25) is 9.69 Å². The first-order valence-corrected chi connectivity index (χ1v) is 7.06. The highest BCUT2D eigenvalue weighted by atomic mass is 16.7. The van der Waals surface area contributed by atoms with Crippen LogP contribution in [0.25, 0.3) is 0 Å². The van der Waals surface area contributed by atoms with E-state index in [1.807, 2.05) is 27.7 Å². The van der Waals surface area contributed by atoms with Crippen LogP contribution in [-0.2, 0) is 19.0 Å². The molecule has 1 atom stereocenters. The zero-order valence-electron chi connectivity index (χ0n) is 12.4. The third kappa shape index (κ3) is 3.68.